The van der Waals surface area contributed by atoms with Crippen molar-refractivity contribution in [3.8, 4) is 11.4 Å². The Labute approximate surface area is 137 Å². The predicted molar refractivity (Wildman–Crippen MR) is 91.5 cm³/mol. The quantitative estimate of drug-likeness (QED) is 0.608. The first kappa shape index (κ1) is 14.1. The molecule has 2 heterocycles. The summed E-state index contributed by atoms with van der Waals surface area (Å²) in [6.45, 7) is 0. The summed E-state index contributed by atoms with van der Waals surface area (Å²) in [5.41, 5.74) is 4.04. The van der Waals surface area contributed by atoms with Crippen LogP contribution in [-0.2, 0) is 0 Å². The molecule has 0 bridgehead atoms. The van der Waals surface area contributed by atoms with Gasteiger partial charge in [-0.25, -0.2) is 4.98 Å². The van der Waals surface area contributed by atoms with E-state index in [0.29, 0.717) is 11.3 Å². The van der Waals surface area contributed by atoms with E-state index in [1.54, 1.807) is 6.07 Å². The van der Waals surface area contributed by atoms with E-state index in [0.717, 1.165) is 22.4 Å². The van der Waals surface area contributed by atoms with Crippen LogP contribution in [0.3, 0.4) is 0 Å². The molecule has 0 radical (unpaired) electrons. The van der Waals surface area contributed by atoms with Crippen LogP contribution in [0.4, 0.5) is 5.69 Å². The molecule has 4 rings (SSSR count). The Hall–Kier alpha value is -3.54. The molecule has 2 N–H and O–H groups in total. The summed E-state index contributed by atoms with van der Waals surface area (Å²) in [5, 5.41) is 10.2. The fraction of sp³-hybridized carbons (Fsp3) is 0. The lowest BCUT2D eigenvalue weighted by molar-refractivity contribution is 0.102. The van der Waals surface area contributed by atoms with E-state index < -0.39 is 0 Å². The molecular formula is C18H13N5O. The van der Waals surface area contributed by atoms with Crippen molar-refractivity contribution in [3.05, 3.63) is 72.6 Å². The number of anilines is 1. The van der Waals surface area contributed by atoms with Gasteiger partial charge in [-0.05, 0) is 42.5 Å². The van der Waals surface area contributed by atoms with Gasteiger partial charge in [0.25, 0.3) is 5.91 Å². The number of imidazole rings is 1. The van der Waals surface area contributed by atoms with Gasteiger partial charge >= 0.3 is 0 Å². The summed E-state index contributed by atoms with van der Waals surface area (Å²) < 4.78 is 0. The molecule has 6 nitrogen and oxygen atoms in total. The van der Waals surface area contributed by atoms with Gasteiger partial charge in [0, 0.05) is 11.3 Å². The first-order chi connectivity index (χ1) is 11.8. The number of aromatic amines is 1. The summed E-state index contributed by atoms with van der Waals surface area (Å²) in [6.07, 6.45) is 2.91. The van der Waals surface area contributed by atoms with Crippen molar-refractivity contribution in [1.29, 1.82) is 0 Å². The number of carbonyl (C=O) groups excluding carboxylic acids is 1. The number of H-pyrrole nitrogens is 1. The van der Waals surface area contributed by atoms with E-state index in [2.05, 4.69) is 25.5 Å². The van der Waals surface area contributed by atoms with Crippen LogP contribution < -0.4 is 5.32 Å². The van der Waals surface area contributed by atoms with Crippen molar-refractivity contribution < 1.29 is 4.79 Å². The Kier molecular flexibility index (Phi) is 3.47. The van der Waals surface area contributed by atoms with Gasteiger partial charge in [-0.3, -0.25) is 4.79 Å². The van der Waals surface area contributed by atoms with E-state index in [1.807, 2.05) is 48.5 Å². The molecule has 0 atom stereocenters. The molecule has 0 aliphatic rings. The third-order valence-corrected chi connectivity index (χ3v) is 3.65. The number of benzene rings is 2. The van der Waals surface area contributed by atoms with Crippen LogP contribution in [0.2, 0.25) is 0 Å². The molecule has 0 aliphatic heterocycles. The molecule has 0 unspecified atom stereocenters. The molecule has 0 saturated heterocycles. The highest BCUT2D eigenvalue weighted by Crippen LogP contribution is 2.22. The lowest BCUT2D eigenvalue weighted by Crippen LogP contribution is -2.12. The SMILES string of the molecule is O=C(Nc1ccc(-c2nc3ccccc3[nH]2)cc1)c1ccnnc1. The fourth-order valence-electron chi connectivity index (χ4n) is 2.43. The molecule has 0 saturated carbocycles. The summed E-state index contributed by atoms with van der Waals surface area (Å²) in [7, 11) is 0. The maximum absolute atomic E-state index is 12.1. The van der Waals surface area contributed by atoms with Gasteiger partial charge in [0.1, 0.15) is 5.82 Å². The number of hydrogen-bond acceptors (Lipinski definition) is 4. The normalized spacial score (nSPS) is 10.7. The minimum Gasteiger partial charge on any atom is -0.338 e. The van der Waals surface area contributed by atoms with Crippen molar-refractivity contribution in [3.63, 3.8) is 0 Å². The molecule has 0 spiro atoms. The van der Waals surface area contributed by atoms with Crippen molar-refractivity contribution >= 4 is 22.6 Å². The highest BCUT2D eigenvalue weighted by Gasteiger charge is 2.08. The molecule has 0 fully saturated rings. The number of hydrogen-bond donors (Lipinski definition) is 2. The summed E-state index contributed by atoms with van der Waals surface area (Å²) in [6, 6.07) is 17.0. The topological polar surface area (TPSA) is 83.6 Å². The molecule has 24 heavy (non-hydrogen) atoms. The summed E-state index contributed by atoms with van der Waals surface area (Å²) >= 11 is 0. The monoisotopic (exact) mass is 315 g/mol. The Balaban J connectivity index is 1.55. The number of rotatable bonds is 3. The predicted octanol–water partition coefficient (Wildman–Crippen LogP) is 3.27. The molecule has 2 aromatic carbocycles. The van der Waals surface area contributed by atoms with Crippen LogP contribution in [0.1, 0.15) is 10.4 Å². The second-order valence-corrected chi connectivity index (χ2v) is 5.27. The van der Waals surface area contributed by atoms with Crippen LogP contribution in [0.5, 0.6) is 0 Å². The molecule has 6 heteroatoms. The Bertz CT molecular complexity index is 960. The number of para-hydroxylation sites is 2. The van der Waals surface area contributed by atoms with Crippen LogP contribution in [0, 0.1) is 0 Å². The average Bonchev–Trinajstić information content (AvgIpc) is 3.07. The van der Waals surface area contributed by atoms with Crippen LogP contribution >= 0.6 is 0 Å². The number of amides is 1. The van der Waals surface area contributed by atoms with Gasteiger partial charge in [-0.1, -0.05) is 12.1 Å². The third-order valence-electron chi connectivity index (χ3n) is 3.65. The molecule has 1 amide bonds. The van der Waals surface area contributed by atoms with Crippen LogP contribution in [-0.4, -0.2) is 26.1 Å². The molecule has 4 aromatic rings. The van der Waals surface area contributed by atoms with E-state index in [-0.39, 0.29) is 5.91 Å². The smallest absolute Gasteiger partial charge is 0.257 e. The summed E-state index contributed by atoms with van der Waals surface area (Å²) in [4.78, 5) is 19.9. The number of fused-ring (bicyclic) bond motifs is 1. The van der Waals surface area contributed by atoms with E-state index in [9.17, 15) is 4.79 Å². The second kappa shape index (κ2) is 5.92. The highest BCUT2D eigenvalue weighted by molar-refractivity contribution is 6.04. The zero-order valence-electron chi connectivity index (χ0n) is 12.6. The standard InChI is InChI=1S/C18H13N5O/c24-18(13-9-10-19-20-11-13)21-14-7-5-12(6-8-14)17-22-15-3-1-2-4-16(15)23-17/h1-11H,(H,21,24)(H,22,23). The molecular weight excluding hydrogens is 302 g/mol. The maximum Gasteiger partial charge on any atom is 0.257 e. The maximum atomic E-state index is 12.1. The first-order valence-electron chi connectivity index (χ1n) is 7.43. The van der Waals surface area contributed by atoms with Gasteiger partial charge in [-0.15, -0.1) is 0 Å². The molecule has 0 aliphatic carbocycles. The first-order valence-corrected chi connectivity index (χ1v) is 7.43. The zero-order valence-corrected chi connectivity index (χ0v) is 12.6. The number of nitrogens with zero attached hydrogens (tertiary/aromatic N) is 3. The fourth-order valence-corrected chi connectivity index (χ4v) is 2.43. The highest BCUT2D eigenvalue weighted by atomic mass is 16.1. The van der Waals surface area contributed by atoms with Gasteiger partial charge in [0.2, 0.25) is 0 Å². The van der Waals surface area contributed by atoms with Gasteiger partial charge in [-0.2, -0.15) is 10.2 Å². The van der Waals surface area contributed by atoms with Crippen molar-refractivity contribution in [1.82, 2.24) is 20.2 Å². The third kappa shape index (κ3) is 2.72. The number of aromatic nitrogens is 4. The lowest BCUT2D eigenvalue weighted by atomic mass is 10.2. The Morgan fingerprint density at radius 1 is 0.958 bits per heavy atom. The minimum atomic E-state index is -0.221. The van der Waals surface area contributed by atoms with Crippen molar-refractivity contribution in [2.75, 3.05) is 5.32 Å². The van der Waals surface area contributed by atoms with Crippen molar-refractivity contribution in [2.24, 2.45) is 0 Å². The van der Waals surface area contributed by atoms with Gasteiger partial charge in [0.15, 0.2) is 0 Å². The lowest BCUT2D eigenvalue weighted by Gasteiger charge is -2.05. The average molecular weight is 315 g/mol. The van der Waals surface area contributed by atoms with Crippen LogP contribution in [0.25, 0.3) is 22.4 Å². The number of nitrogens with one attached hydrogen (secondary N) is 2. The zero-order chi connectivity index (χ0) is 16.4. The van der Waals surface area contributed by atoms with E-state index in [4.69, 9.17) is 0 Å². The molecule has 2 aromatic heterocycles. The Morgan fingerprint density at radius 3 is 2.54 bits per heavy atom. The van der Waals surface area contributed by atoms with E-state index in [1.165, 1.54) is 12.4 Å². The summed E-state index contributed by atoms with van der Waals surface area (Å²) in [5.74, 6) is 0.578. The van der Waals surface area contributed by atoms with Gasteiger partial charge < -0.3 is 10.3 Å². The van der Waals surface area contributed by atoms with Crippen molar-refractivity contribution in [2.45, 2.75) is 0 Å². The van der Waals surface area contributed by atoms with E-state index >= 15 is 0 Å². The Morgan fingerprint density at radius 2 is 1.79 bits per heavy atom. The molecule has 116 valence electrons. The van der Waals surface area contributed by atoms with Crippen LogP contribution in [0.15, 0.2) is 67.0 Å². The second-order valence-electron chi connectivity index (χ2n) is 5.27. The largest absolute Gasteiger partial charge is 0.338 e. The van der Waals surface area contributed by atoms with Gasteiger partial charge in [0.05, 0.1) is 29.0 Å². The number of carbonyl (C=O) groups is 1. The minimum absolute atomic E-state index is 0.221.